The highest BCUT2D eigenvalue weighted by atomic mass is 35.5. The molecule has 1 atom stereocenters. The molecule has 1 aromatic rings. The number of rotatable bonds is 3. The van der Waals surface area contributed by atoms with Gasteiger partial charge in [0, 0.05) is 11.6 Å². The zero-order valence-corrected chi connectivity index (χ0v) is 7.73. The third-order valence-electron chi connectivity index (χ3n) is 1.31. The van der Waals surface area contributed by atoms with Crippen molar-refractivity contribution in [3.8, 4) is 0 Å². The Hall–Kier alpha value is -0.420. The number of nitrogens with one attached hydrogen (secondary N) is 1. The maximum Gasteiger partial charge on any atom is 0.232 e. The molecule has 0 heterocycles. The van der Waals surface area contributed by atoms with Gasteiger partial charge in [0.2, 0.25) is 11.3 Å². The fourth-order valence-electron chi connectivity index (χ4n) is 0.747. The molecule has 0 bridgehead atoms. The molecule has 0 amide bonds. The largest absolute Gasteiger partial charge is 0.294 e. The lowest BCUT2D eigenvalue weighted by atomic mass is 10.2. The van der Waals surface area contributed by atoms with Crippen molar-refractivity contribution in [2.45, 2.75) is 6.54 Å². The second-order valence-corrected chi connectivity index (χ2v) is 3.42. The van der Waals surface area contributed by atoms with Gasteiger partial charge in [-0.2, -0.15) is 0 Å². The molecule has 1 aromatic carbocycles. The molecule has 0 saturated heterocycles. The van der Waals surface area contributed by atoms with Crippen LogP contribution in [0.2, 0.25) is 5.02 Å². The zero-order valence-electron chi connectivity index (χ0n) is 6.16. The van der Waals surface area contributed by atoms with Crippen molar-refractivity contribution in [2.24, 2.45) is 0 Å². The Morgan fingerprint density at radius 2 is 2.00 bits per heavy atom. The average molecular weight is 206 g/mol. The van der Waals surface area contributed by atoms with Gasteiger partial charge >= 0.3 is 0 Å². The maximum atomic E-state index is 10.2. The van der Waals surface area contributed by atoms with E-state index in [0.29, 0.717) is 11.6 Å². The van der Waals surface area contributed by atoms with Crippen molar-refractivity contribution in [1.29, 1.82) is 0 Å². The first kappa shape index (κ1) is 9.67. The fourth-order valence-corrected chi connectivity index (χ4v) is 1.16. The van der Waals surface area contributed by atoms with E-state index in [4.69, 9.17) is 16.2 Å². The summed E-state index contributed by atoms with van der Waals surface area (Å²) in [7, 11) is 0. The molecule has 3 nitrogen and oxygen atoms in total. The van der Waals surface area contributed by atoms with E-state index >= 15 is 0 Å². The minimum Gasteiger partial charge on any atom is -0.294 e. The second kappa shape index (κ2) is 4.57. The van der Waals surface area contributed by atoms with Crippen molar-refractivity contribution in [3.05, 3.63) is 34.9 Å². The SMILES string of the molecule is O=S(O)NCc1ccc(Cl)cc1. The topological polar surface area (TPSA) is 49.3 Å². The lowest BCUT2D eigenvalue weighted by molar-refractivity contribution is 0.548. The first-order chi connectivity index (χ1) is 5.68. The van der Waals surface area contributed by atoms with Crippen LogP contribution in [0.3, 0.4) is 0 Å². The summed E-state index contributed by atoms with van der Waals surface area (Å²) in [6.45, 7) is 0.361. The summed E-state index contributed by atoms with van der Waals surface area (Å²) in [6, 6.07) is 7.06. The van der Waals surface area contributed by atoms with Crippen molar-refractivity contribution >= 4 is 22.9 Å². The van der Waals surface area contributed by atoms with Gasteiger partial charge in [-0.05, 0) is 17.7 Å². The Morgan fingerprint density at radius 3 is 2.50 bits per heavy atom. The predicted molar refractivity (Wildman–Crippen MR) is 49.1 cm³/mol. The Balaban J connectivity index is 2.53. The minimum atomic E-state index is -1.95. The minimum absolute atomic E-state index is 0.361. The molecule has 0 aliphatic rings. The Bertz CT molecular complexity index is 275. The molecule has 0 aromatic heterocycles. The van der Waals surface area contributed by atoms with Crippen molar-refractivity contribution in [2.75, 3.05) is 0 Å². The van der Waals surface area contributed by atoms with Gasteiger partial charge in [-0.3, -0.25) is 4.55 Å². The number of benzene rings is 1. The van der Waals surface area contributed by atoms with Gasteiger partial charge < -0.3 is 0 Å². The van der Waals surface area contributed by atoms with E-state index in [-0.39, 0.29) is 0 Å². The van der Waals surface area contributed by atoms with Gasteiger partial charge in [0.05, 0.1) is 0 Å². The molecule has 0 saturated carbocycles. The van der Waals surface area contributed by atoms with Gasteiger partial charge in [0.1, 0.15) is 0 Å². The van der Waals surface area contributed by atoms with Crippen LogP contribution < -0.4 is 4.72 Å². The molecule has 0 aliphatic heterocycles. The normalized spacial score (nSPS) is 12.8. The van der Waals surface area contributed by atoms with Crippen LogP contribution in [-0.4, -0.2) is 8.76 Å². The van der Waals surface area contributed by atoms with E-state index in [1.807, 2.05) is 0 Å². The summed E-state index contributed by atoms with van der Waals surface area (Å²) in [5.41, 5.74) is 0.918. The molecule has 0 fully saturated rings. The van der Waals surface area contributed by atoms with Crippen LogP contribution in [-0.2, 0) is 17.8 Å². The van der Waals surface area contributed by atoms with Crippen LogP contribution in [0.15, 0.2) is 24.3 Å². The van der Waals surface area contributed by atoms with E-state index in [1.54, 1.807) is 24.3 Å². The molecular weight excluding hydrogens is 198 g/mol. The van der Waals surface area contributed by atoms with E-state index in [9.17, 15) is 4.21 Å². The highest BCUT2D eigenvalue weighted by Crippen LogP contribution is 2.08. The highest BCUT2D eigenvalue weighted by Gasteiger charge is 1.94. The monoisotopic (exact) mass is 205 g/mol. The predicted octanol–water partition coefficient (Wildman–Crippen LogP) is 1.57. The molecular formula is C7H8ClNO2S. The van der Waals surface area contributed by atoms with Crippen LogP contribution in [0.5, 0.6) is 0 Å². The number of hydrogen-bond acceptors (Lipinski definition) is 1. The molecule has 0 radical (unpaired) electrons. The van der Waals surface area contributed by atoms with Crippen molar-refractivity contribution < 1.29 is 8.76 Å². The van der Waals surface area contributed by atoms with E-state index < -0.39 is 11.3 Å². The van der Waals surface area contributed by atoms with E-state index in [0.717, 1.165) is 5.56 Å². The second-order valence-electron chi connectivity index (χ2n) is 2.20. The zero-order chi connectivity index (χ0) is 8.97. The van der Waals surface area contributed by atoms with Crippen LogP contribution in [0.25, 0.3) is 0 Å². The Labute approximate surface area is 78.2 Å². The van der Waals surface area contributed by atoms with Crippen LogP contribution in [0.1, 0.15) is 5.56 Å². The summed E-state index contributed by atoms with van der Waals surface area (Å²) in [5, 5.41) is 0.656. The third kappa shape index (κ3) is 3.32. The van der Waals surface area contributed by atoms with E-state index in [2.05, 4.69) is 4.72 Å². The lowest BCUT2D eigenvalue weighted by Crippen LogP contribution is -2.15. The lowest BCUT2D eigenvalue weighted by Gasteiger charge is -1.99. The molecule has 2 N–H and O–H groups in total. The van der Waals surface area contributed by atoms with Crippen molar-refractivity contribution in [3.63, 3.8) is 0 Å². The van der Waals surface area contributed by atoms with Crippen molar-refractivity contribution in [1.82, 2.24) is 4.72 Å². The van der Waals surface area contributed by atoms with Gasteiger partial charge in [-0.1, -0.05) is 23.7 Å². The first-order valence-corrected chi connectivity index (χ1v) is 4.76. The average Bonchev–Trinajstić information content (AvgIpc) is 2.03. The summed E-state index contributed by atoms with van der Waals surface area (Å²) in [5.74, 6) is 0. The van der Waals surface area contributed by atoms with E-state index in [1.165, 1.54) is 0 Å². The standard InChI is InChI=1S/C7H8ClNO2S/c8-7-3-1-6(2-4-7)5-9-12(10)11/h1-4,9H,5H2,(H,10,11). The summed E-state index contributed by atoms with van der Waals surface area (Å²) < 4.78 is 21.0. The molecule has 5 heteroatoms. The van der Waals surface area contributed by atoms with Gasteiger partial charge in [-0.15, -0.1) is 0 Å². The Morgan fingerprint density at radius 1 is 1.42 bits per heavy atom. The number of hydrogen-bond donors (Lipinski definition) is 2. The number of halogens is 1. The quantitative estimate of drug-likeness (QED) is 0.736. The van der Waals surface area contributed by atoms with Crippen LogP contribution >= 0.6 is 11.6 Å². The van der Waals surface area contributed by atoms with Crippen LogP contribution in [0.4, 0.5) is 0 Å². The maximum absolute atomic E-state index is 10.2. The molecule has 0 spiro atoms. The molecule has 12 heavy (non-hydrogen) atoms. The first-order valence-electron chi connectivity index (χ1n) is 3.27. The molecule has 66 valence electrons. The highest BCUT2D eigenvalue weighted by molar-refractivity contribution is 7.77. The summed E-state index contributed by atoms with van der Waals surface area (Å²) in [4.78, 5) is 0. The van der Waals surface area contributed by atoms with Gasteiger partial charge in [0.15, 0.2) is 0 Å². The van der Waals surface area contributed by atoms with Crippen LogP contribution in [0, 0.1) is 0 Å². The van der Waals surface area contributed by atoms with Gasteiger partial charge in [0.25, 0.3) is 0 Å². The van der Waals surface area contributed by atoms with Gasteiger partial charge in [-0.25, -0.2) is 8.93 Å². The third-order valence-corrected chi connectivity index (χ3v) is 1.96. The molecule has 1 rings (SSSR count). The smallest absolute Gasteiger partial charge is 0.232 e. The molecule has 0 aliphatic carbocycles. The Kier molecular flexibility index (Phi) is 3.68. The summed E-state index contributed by atoms with van der Waals surface area (Å²) in [6.07, 6.45) is 0. The molecule has 1 unspecified atom stereocenters. The fraction of sp³-hybridized carbons (Fsp3) is 0.143. The summed E-state index contributed by atoms with van der Waals surface area (Å²) >= 11 is 3.69.